The Morgan fingerprint density at radius 2 is 1.66 bits per heavy atom. The summed E-state index contributed by atoms with van der Waals surface area (Å²) in [5.41, 5.74) is 2.40. The molecule has 1 amide bonds. The van der Waals surface area contributed by atoms with Gasteiger partial charge in [0.1, 0.15) is 0 Å². The Morgan fingerprint density at radius 3 is 2.22 bits per heavy atom. The van der Waals surface area contributed by atoms with Crippen LogP contribution in [0.4, 0.5) is 17.3 Å². The second-order valence-corrected chi connectivity index (χ2v) is 8.87. The van der Waals surface area contributed by atoms with E-state index in [-0.39, 0.29) is 22.0 Å². The summed E-state index contributed by atoms with van der Waals surface area (Å²) in [4.78, 5) is 26.3. The fourth-order valence-electron chi connectivity index (χ4n) is 2.88. The minimum Gasteiger partial charge on any atom is -0.480 e. The summed E-state index contributed by atoms with van der Waals surface area (Å²) in [7, 11) is 0.832. The number of carbonyl (C=O) groups excluding carboxylic acids is 1. The Bertz CT molecular complexity index is 1220. The maximum Gasteiger partial charge on any atom is 0.267 e. The van der Waals surface area contributed by atoms with Crippen molar-refractivity contribution in [3.63, 3.8) is 0 Å². The molecule has 11 heteroatoms. The number of para-hydroxylation sites is 1. The summed E-state index contributed by atoms with van der Waals surface area (Å²) in [5.74, 6) is -0.146. The van der Waals surface area contributed by atoms with Crippen LogP contribution in [-0.2, 0) is 10.0 Å². The summed E-state index contributed by atoms with van der Waals surface area (Å²) in [6, 6.07) is 6.74. The van der Waals surface area contributed by atoms with Crippen LogP contribution in [0, 0.1) is 13.8 Å². The molecule has 1 aromatic carbocycles. The number of nitrogens with one attached hydrogen (secondary N) is 2. The Morgan fingerprint density at radius 1 is 1.03 bits per heavy atom. The third-order valence-electron chi connectivity index (χ3n) is 4.58. The molecule has 0 atom stereocenters. The zero-order valence-corrected chi connectivity index (χ0v) is 19.2. The number of anilines is 3. The van der Waals surface area contributed by atoms with E-state index in [1.165, 1.54) is 31.8 Å². The van der Waals surface area contributed by atoms with E-state index in [4.69, 9.17) is 4.74 Å². The van der Waals surface area contributed by atoms with Crippen molar-refractivity contribution in [2.75, 3.05) is 36.1 Å². The second kappa shape index (κ2) is 9.18. The van der Waals surface area contributed by atoms with E-state index in [0.29, 0.717) is 11.6 Å². The molecule has 168 valence electrons. The number of sulfonamides is 1. The lowest BCUT2D eigenvalue weighted by Gasteiger charge is -2.15. The van der Waals surface area contributed by atoms with E-state index in [1.807, 2.05) is 6.07 Å². The molecular formula is C21H24N6O4S. The molecule has 0 fully saturated rings. The molecule has 0 radical (unpaired) electrons. The SMILES string of the molecule is COc1ncc(NC(=O)c2cnc(N(C)C)nc2)cc1S(=O)(=O)Nc1c(C)cccc1C. The highest BCUT2D eigenvalue weighted by molar-refractivity contribution is 7.92. The van der Waals surface area contributed by atoms with Crippen LogP contribution in [0.25, 0.3) is 0 Å². The van der Waals surface area contributed by atoms with Crippen molar-refractivity contribution in [1.29, 1.82) is 0 Å². The van der Waals surface area contributed by atoms with Crippen molar-refractivity contribution in [2.24, 2.45) is 0 Å². The first kappa shape index (κ1) is 22.9. The van der Waals surface area contributed by atoms with Crippen molar-refractivity contribution in [2.45, 2.75) is 18.7 Å². The average Bonchev–Trinajstić information content (AvgIpc) is 2.76. The molecule has 0 saturated carbocycles. The summed E-state index contributed by atoms with van der Waals surface area (Å²) < 4.78 is 34.0. The second-order valence-electron chi connectivity index (χ2n) is 7.22. The molecule has 2 heterocycles. The van der Waals surface area contributed by atoms with Gasteiger partial charge in [-0.2, -0.15) is 0 Å². The lowest BCUT2D eigenvalue weighted by Crippen LogP contribution is -2.18. The van der Waals surface area contributed by atoms with Crippen molar-refractivity contribution < 1.29 is 17.9 Å². The molecule has 0 aliphatic carbocycles. The monoisotopic (exact) mass is 456 g/mol. The summed E-state index contributed by atoms with van der Waals surface area (Å²) >= 11 is 0. The number of aromatic nitrogens is 3. The Balaban J connectivity index is 1.90. The standard InChI is InChI=1S/C21H24N6O4S/c1-13-7-6-8-14(2)18(13)26-32(29,30)17-9-16(12-22-20(17)31-5)25-19(28)15-10-23-21(24-11-15)27(3)4/h6-12,26H,1-5H3,(H,25,28). The number of aryl methyl sites for hydroxylation is 2. The first-order valence-corrected chi connectivity index (χ1v) is 11.0. The predicted octanol–water partition coefficient (Wildman–Crippen LogP) is 2.62. The number of benzene rings is 1. The minimum absolute atomic E-state index is 0.0968. The number of hydrogen-bond acceptors (Lipinski definition) is 8. The molecule has 3 rings (SSSR count). The van der Waals surface area contributed by atoms with Crippen LogP contribution in [0.3, 0.4) is 0 Å². The first-order chi connectivity index (χ1) is 15.1. The first-order valence-electron chi connectivity index (χ1n) is 9.56. The Kier molecular flexibility index (Phi) is 6.58. The van der Waals surface area contributed by atoms with E-state index in [1.54, 1.807) is 45.0 Å². The largest absolute Gasteiger partial charge is 0.480 e. The smallest absolute Gasteiger partial charge is 0.267 e. The van der Waals surface area contributed by atoms with Crippen molar-refractivity contribution in [1.82, 2.24) is 15.0 Å². The van der Waals surface area contributed by atoms with Gasteiger partial charge in [0.25, 0.3) is 15.9 Å². The maximum absolute atomic E-state index is 13.1. The molecule has 3 aromatic rings. The van der Waals surface area contributed by atoms with E-state index in [9.17, 15) is 13.2 Å². The summed E-state index contributed by atoms with van der Waals surface area (Å²) in [6.07, 6.45) is 4.08. The molecule has 10 nitrogen and oxygen atoms in total. The lowest BCUT2D eigenvalue weighted by atomic mass is 10.1. The van der Waals surface area contributed by atoms with Crippen molar-refractivity contribution in [3.8, 4) is 5.88 Å². The van der Waals surface area contributed by atoms with Crippen LogP contribution in [0.15, 0.2) is 47.8 Å². The third kappa shape index (κ3) is 4.94. The average molecular weight is 457 g/mol. The highest BCUT2D eigenvalue weighted by Crippen LogP contribution is 2.29. The molecule has 32 heavy (non-hydrogen) atoms. The Labute approximate surface area is 186 Å². The normalized spacial score (nSPS) is 11.0. The van der Waals surface area contributed by atoms with Crippen LogP contribution >= 0.6 is 0 Å². The number of nitrogens with zero attached hydrogens (tertiary/aromatic N) is 4. The van der Waals surface area contributed by atoms with Gasteiger partial charge in [-0.15, -0.1) is 0 Å². The van der Waals surface area contributed by atoms with Gasteiger partial charge in [0.05, 0.1) is 30.2 Å². The van der Waals surface area contributed by atoms with Gasteiger partial charge in [-0.05, 0) is 31.0 Å². The molecule has 2 N–H and O–H groups in total. The fourth-order valence-corrected chi connectivity index (χ4v) is 4.23. The van der Waals surface area contributed by atoms with E-state index >= 15 is 0 Å². The van der Waals surface area contributed by atoms with Gasteiger partial charge >= 0.3 is 0 Å². The molecule has 0 saturated heterocycles. The molecule has 2 aromatic heterocycles. The number of hydrogen-bond donors (Lipinski definition) is 2. The molecule has 0 unspecified atom stereocenters. The predicted molar refractivity (Wildman–Crippen MR) is 122 cm³/mol. The zero-order chi connectivity index (χ0) is 23.5. The summed E-state index contributed by atoms with van der Waals surface area (Å²) in [5, 5.41) is 2.61. The molecule has 0 bridgehead atoms. The quantitative estimate of drug-likeness (QED) is 0.556. The van der Waals surface area contributed by atoms with Crippen LogP contribution in [0.2, 0.25) is 0 Å². The molecule has 0 aliphatic rings. The topological polar surface area (TPSA) is 126 Å². The van der Waals surface area contributed by atoms with Crippen molar-refractivity contribution >= 4 is 33.3 Å². The van der Waals surface area contributed by atoms with Gasteiger partial charge in [-0.1, -0.05) is 18.2 Å². The zero-order valence-electron chi connectivity index (χ0n) is 18.4. The van der Waals surface area contributed by atoms with E-state index < -0.39 is 15.9 Å². The van der Waals surface area contributed by atoms with E-state index in [0.717, 1.165) is 11.1 Å². The van der Waals surface area contributed by atoms with Crippen molar-refractivity contribution in [3.05, 3.63) is 59.5 Å². The molecule has 0 aliphatic heterocycles. The Hall–Kier alpha value is -3.73. The van der Waals surface area contributed by atoms with Crippen LogP contribution < -0.4 is 19.7 Å². The minimum atomic E-state index is -4.06. The number of amides is 1. The van der Waals surface area contributed by atoms with Gasteiger partial charge < -0.3 is 15.0 Å². The number of carbonyl (C=O) groups is 1. The van der Waals surface area contributed by atoms with Gasteiger partial charge in [0.2, 0.25) is 11.8 Å². The molecular weight excluding hydrogens is 432 g/mol. The van der Waals surface area contributed by atoms with Crippen LogP contribution in [0.1, 0.15) is 21.5 Å². The number of methoxy groups -OCH3 is 1. The lowest BCUT2D eigenvalue weighted by molar-refractivity contribution is 0.102. The third-order valence-corrected chi connectivity index (χ3v) is 5.92. The van der Waals surface area contributed by atoms with Gasteiger partial charge in [0.15, 0.2) is 4.90 Å². The number of pyridine rings is 1. The highest BCUT2D eigenvalue weighted by Gasteiger charge is 2.23. The van der Waals surface area contributed by atoms with Gasteiger partial charge in [0, 0.05) is 26.5 Å². The van der Waals surface area contributed by atoms with Gasteiger partial charge in [-0.3, -0.25) is 9.52 Å². The van der Waals surface area contributed by atoms with Crippen LogP contribution in [-0.4, -0.2) is 50.5 Å². The number of ether oxygens (including phenoxy) is 1. The number of rotatable bonds is 7. The highest BCUT2D eigenvalue weighted by atomic mass is 32.2. The fraction of sp³-hybridized carbons (Fsp3) is 0.238. The molecule has 0 spiro atoms. The summed E-state index contributed by atoms with van der Waals surface area (Å²) in [6.45, 7) is 3.61. The van der Waals surface area contributed by atoms with E-state index in [2.05, 4.69) is 25.0 Å². The van der Waals surface area contributed by atoms with Crippen LogP contribution in [0.5, 0.6) is 5.88 Å². The van der Waals surface area contributed by atoms with Gasteiger partial charge in [-0.25, -0.2) is 23.4 Å². The maximum atomic E-state index is 13.1.